The molecular weight excluding hydrogens is 541 g/mol. The van der Waals surface area contributed by atoms with Gasteiger partial charge < -0.3 is 23.8 Å². The summed E-state index contributed by atoms with van der Waals surface area (Å²) in [4.78, 5) is 23.5. The van der Waals surface area contributed by atoms with Gasteiger partial charge in [-0.05, 0) is 101 Å². The van der Waals surface area contributed by atoms with E-state index >= 15 is 0 Å². The fraction of sp³-hybridized carbons (Fsp3) is 0.471. The Morgan fingerprint density at radius 3 is 2.51 bits per heavy atom. The van der Waals surface area contributed by atoms with Gasteiger partial charge in [0.15, 0.2) is 0 Å². The van der Waals surface area contributed by atoms with E-state index in [4.69, 9.17) is 23.8 Å². The number of aromatic amines is 1. The third kappa shape index (κ3) is 4.77. The Labute approximate surface area is 253 Å². The standard InChI is InChI=1S/C34H40BN3O5/c1-19-13-27(38(17-19)31(39)41-32(2,3)4)30-36-26-12-9-20-15-25-23-11-10-22(35-42-33(5,6)34(7,8)43-35)14-21(23)18-40-28(25)16-24(20)29(26)37-30/h9-12,14-16,19,27H,13,17-18H2,1-8H3,(H,36,37)/t19-,27-/m0/s1. The molecule has 2 atom stereocenters. The van der Waals surface area contributed by atoms with Crippen molar-refractivity contribution < 1.29 is 23.6 Å². The molecule has 0 spiro atoms. The van der Waals surface area contributed by atoms with Gasteiger partial charge in [0.25, 0.3) is 0 Å². The molecule has 0 radical (unpaired) electrons. The van der Waals surface area contributed by atoms with Crippen molar-refractivity contribution in [3.05, 3.63) is 53.9 Å². The summed E-state index contributed by atoms with van der Waals surface area (Å²) >= 11 is 0. The predicted octanol–water partition coefficient (Wildman–Crippen LogP) is 6.89. The summed E-state index contributed by atoms with van der Waals surface area (Å²) in [5.74, 6) is 1.98. The fourth-order valence-corrected chi connectivity index (χ4v) is 6.44. The van der Waals surface area contributed by atoms with Gasteiger partial charge in [-0.25, -0.2) is 9.78 Å². The molecular formula is C34H40BN3O5. The van der Waals surface area contributed by atoms with Crippen LogP contribution in [0.4, 0.5) is 4.79 Å². The average Bonchev–Trinajstić information content (AvgIpc) is 3.59. The van der Waals surface area contributed by atoms with E-state index in [1.807, 2.05) is 25.7 Å². The molecule has 8 nitrogen and oxygen atoms in total. The third-order valence-electron chi connectivity index (χ3n) is 9.37. The van der Waals surface area contributed by atoms with Gasteiger partial charge in [0.2, 0.25) is 0 Å². The van der Waals surface area contributed by atoms with Crippen molar-refractivity contribution in [1.29, 1.82) is 0 Å². The lowest BCUT2D eigenvalue weighted by Gasteiger charge is -2.32. The summed E-state index contributed by atoms with van der Waals surface area (Å²) in [5, 5.41) is 2.10. The van der Waals surface area contributed by atoms with Crippen LogP contribution in [0.25, 0.3) is 32.9 Å². The molecule has 9 heteroatoms. The molecule has 2 saturated heterocycles. The van der Waals surface area contributed by atoms with Gasteiger partial charge in [0.05, 0.1) is 28.3 Å². The van der Waals surface area contributed by atoms with Gasteiger partial charge >= 0.3 is 13.2 Å². The summed E-state index contributed by atoms with van der Waals surface area (Å²) in [7, 11) is -0.412. The molecule has 43 heavy (non-hydrogen) atoms. The molecule has 0 aliphatic carbocycles. The number of nitrogens with one attached hydrogen (secondary N) is 1. The quantitative estimate of drug-likeness (QED) is 0.260. The number of fused-ring (bicyclic) bond motifs is 6. The van der Waals surface area contributed by atoms with Gasteiger partial charge in [0.1, 0.15) is 23.8 Å². The van der Waals surface area contributed by atoms with Crippen LogP contribution in [-0.2, 0) is 20.7 Å². The zero-order valence-corrected chi connectivity index (χ0v) is 26.3. The van der Waals surface area contributed by atoms with E-state index in [0.717, 1.165) is 62.0 Å². The van der Waals surface area contributed by atoms with Gasteiger partial charge in [-0.2, -0.15) is 0 Å². The number of hydrogen-bond donors (Lipinski definition) is 1. The molecule has 1 aromatic heterocycles. The molecule has 2 fully saturated rings. The number of rotatable bonds is 2. The van der Waals surface area contributed by atoms with E-state index in [-0.39, 0.29) is 12.1 Å². The molecule has 4 heterocycles. The zero-order chi connectivity index (χ0) is 30.5. The SMILES string of the molecule is C[C@H]1C[C@@H](c2nc3c(ccc4cc5c(cc43)OCc3cc(B4OC(C)(C)C(C)(C)O4)ccc3-5)[nH]2)N(C(=O)OC(C)(C)C)C1. The van der Waals surface area contributed by atoms with Crippen LogP contribution >= 0.6 is 0 Å². The van der Waals surface area contributed by atoms with Gasteiger partial charge in [0, 0.05) is 17.5 Å². The Hall–Kier alpha value is -3.56. The second-order valence-electron chi connectivity index (χ2n) is 14.4. The van der Waals surface area contributed by atoms with Crippen molar-refractivity contribution in [2.45, 2.75) is 91.3 Å². The van der Waals surface area contributed by atoms with Crippen LogP contribution in [0.3, 0.4) is 0 Å². The van der Waals surface area contributed by atoms with Crippen molar-refractivity contribution in [3.63, 3.8) is 0 Å². The van der Waals surface area contributed by atoms with Crippen LogP contribution in [0.1, 0.15) is 79.2 Å². The molecule has 0 unspecified atom stereocenters. The number of imidazole rings is 1. The summed E-state index contributed by atoms with van der Waals surface area (Å²) in [6, 6.07) is 14.7. The Morgan fingerprint density at radius 2 is 1.79 bits per heavy atom. The molecule has 1 amide bonds. The number of ether oxygens (including phenoxy) is 2. The topological polar surface area (TPSA) is 85.9 Å². The van der Waals surface area contributed by atoms with E-state index in [2.05, 4.69) is 82.1 Å². The van der Waals surface area contributed by atoms with E-state index < -0.39 is 23.9 Å². The summed E-state index contributed by atoms with van der Waals surface area (Å²) in [6.45, 7) is 17.2. The number of hydrogen-bond acceptors (Lipinski definition) is 6. The highest BCUT2D eigenvalue weighted by Crippen LogP contribution is 2.43. The highest BCUT2D eigenvalue weighted by molar-refractivity contribution is 6.62. The molecule has 224 valence electrons. The van der Waals surface area contributed by atoms with E-state index in [1.165, 1.54) is 0 Å². The normalized spacial score (nSPS) is 22.5. The molecule has 1 N–H and O–H groups in total. The Morgan fingerprint density at radius 1 is 1.05 bits per heavy atom. The largest absolute Gasteiger partial charge is 0.494 e. The van der Waals surface area contributed by atoms with Crippen LogP contribution in [0.15, 0.2) is 42.5 Å². The van der Waals surface area contributed by atoms with E-state index in [9.17, 15) is 4.79 Å². The van der Waals surface area contributed by atoms with Crippen LogP contribution < -0.4 is 10.2 Å². The minimum atomic E-state index is -0.553. The maximum atomic E-state index is 13.1. The molecule has 3 aliphatic rings. The molecule has 3 aromatic carbocycles. The first kappa shape index (κ1) is 28.2. The summed E-state index contributed by atoms with van der Waals surface area (Å²) < 4.78 is 24.6. The molecule has 0 saturated carbocycles. The summed E-state index contributed by atoms with van der Waals surface area (Å²) in [5.41, 5.74) is 4.80. The first-order valence-electron chi connectivity index (χ1n) is 15.3. The van der Waals surface area contributed by atoms with Crippen molar-refractivity contribution >= 4 is 40.5 Å². The Kier molecular flexibility index (Phi) is 6.22. The number of carbonyl (C=O) groups excluding carboxylic acids is 1. The first-order chi connectivity index (χ1) is 20.2. The van der Waals surface area contributed by atoms with Gasteiger partial charge in [-0.15, -0.1) is 0 Å². The number of aromatic nitrogens is 2. The van der Waals surface area contributed by atoms with Crippen molar-refractivity contribution in [2.24, 2.45) is 5.92 Å². The maximum Gasteiger partial charge on any atom is 0.494 e. The highest BCUT2D eigenvalue weighted by atomic mass is 16.7. The predicted molar refractivity (Wildman–Crippen MR) is 169 cm³/mol. The lowest BCUT2D eigenvalue weighted by Crippen LogP contribution is -2.41. The number of carbonyl (C=O) groups is 1. The van der Waals surface area contributed by atoms with Crippen LogP contribution in [0.5, 0.6) is 5.75 Å². The molecule has 3 aliphatic heterocycles. The van der Waals surface area contributed by atoms with Crippen LogP contribution in [0.2, 0.25) is 0 Å². The number of likely N-dealkylation sites (tertiary alicyclic amines) is 1. The number of benzene rings is 3. The minimum absolute atomic E-state index is 0.161. The number of H-pyrrole nitrogens is 1. The van der Waals surface area contributed by atoms with Crippen molar-refractivity contribution in [2.75, 3.05) is 6.54 Å². The second kappa shape index (κ2) is 9.47. The molecule has 7 rings (SSSR count). The average molecular weight is 582 g/mol. The first-order valence-corrected chi connectivity index (χ1v) is 15.3. The highest BCUT2D eigenvalue weighted by Gasteiger charge is 2.51. The van der Waals surface area contributed by atoms with Gasteiger partial charge in [-0.3, -0.25) is 4.90 Å². The van der Waals surface area contributed by atoms with Crippen molar-refractivity contribution in [3.8, 4) is 16.9 Å². The Bertz CT molecular complexity index is 1760. The summed E-state index contributed by atoms with van der Waals surface area (Å²) in [6.07, 6.45) is 0.537. The third-order valence-corrected chi connectivity index (χ3v) is 9.37. The lowest BCUT2D eigenvalue weighted by molar-refractivity contribution is 0.00578. The number of amides is 1. The molecule has 4 aromatic rings. The van der Waals surface area contributed by atoms with Crippen LogP contribution in [-0.4, -0.2) is 51.4 Å². The maximum absolute atomic E-state index is 13.1. The van der Waals surface area contributed by atoms with Crippen LogP contribution in [0, 0.1) is 5.92 Å². The Balaban J connectivity index is 1.22. The second-order valence-corrected chi connectivity index (χ2v) is 14.4. The lowest BCUT2D eigenvalue weighted by atomic mass is 9.77. The van der Waals surface area contributed by atoms with Crippen molar-refractivity contribution in [1.82, 2.24) is 14.9 Å². The monoisotopic (exact) mass is 581 g/mol. The smallest absolute Gasteiger partial charge is 0.488 e. The van der Waals surface area contributed by atoms with Gasteiger partial charge in [-0.1, -0.05) is 31.2 Å². The van der Waals surface area contributed by atoms with E-state index in [0.29, 0.717) is 19.1 Å². The molecule has 0 bridgehead atoms. The number of nitrogens with zero attached hydrogens (tertiary/aromatic N) is 2. The fourth-order valence-electron chi connectivity index (χ4n) is 6.44. The zero-order valence-electron chi connectivity index (χ0n) is 26.3. The minimum Gasteiger partial charge on any atom is -0.488 e. The van der Waals surface area contributed by atoms with E-state index in [1.54, 1.807) is 0 Å².